The van der Waals surface area contributed by atoms with Gasteiger partial charge in [-0.15, -0.1) is 11.3 Å². The van der Waals surface area contributed by atoms with E-state index in [0.717, 1.165) is 26.9 Å². The molecular weight excluding hydrogens is 378 g/mol. The van der Waals surface area contributed by atoms with Crippen LogP contribution in [0.3, 0.4) is 0 Å². The maximum Gasteiger partial charge on any atom is 0.0864 e. The smallest absolute Gasteiger partial charge is 0.0864 e. The van der Waals surface area contributed by atoms with E-state index in [1.165, 1.54) is 4.88 Å². The standard InChI is InChI=1S/C12H15Br2N3S/c1-3-5-15-11(9-4-6-17(2)16-9)10-7-8(13)12(14)18-10/h4,6-7,11,15H,3,5H2,1-2H3. The summed E-state index contributed by atoms with van der Waals surface area (Å²) in [5, 5.41) is 8.06. The van der Waals surface area contributed by atoms with Crippen LogP contribution in [0.15, 0.2) is 26.6 Å². The predicted octanol–water partition coefficient (Wildman–Crippen LogP) is 4.10. The van der Waals surface area contributed by atoms with E-state index in [0.29, 0.717) is 0 Å². The Bertz CT molecular complexity index is 502. The lowest BCUT2D eigenvalue weighted by molar-refractivity contribution is 0.582. The molecule has 3 nitrogen and oxygen atoms in total. The van der Waals surface area contributed by atoms with Crippen LogP contribution in [0.1, 0.15) is 30.0 Å². The van der Waals surface area contributed by atoms with E-state index in [1.54, 1.807) is 11.3 Å². The minimum atomic E-state index is 0.166. The lowest BCUT2D eigenvalue weighted by atomic mass is 10.1. The molecule has 0 saturated carbocycles. The molecule has 1 N–H and O–H groups in total. The van der Waals surface area contributed by atoms with E-state index >= 15 is 0 Å². The van der Waals surface area contributed by atoms with Crippen molar-refractivity contribution in [2.75, 3.05) is 6.54 Å². The van der Waals surface area contributed by atoms with Gasteiger partial charge >= 0.3 is 0 Å². The number of nitrogens with one attached hydrogen (secondary N) is 1. The molecule has 0 fully saturated rings. The molecule has 6 heteroatoms. The maximum absolute atomic E-state index is 4.51. The second-order valence-electron chi connectivity index (χ2n) is 4.07. The molecule has 0 aromatic carbocycles. The van der Waals surface area contributed by atoms with Gasteiger partial charge in [0.25, 0.3) is 0 Å². The molecule has 0 aliphatic heterocycles. The van der Waals surface area contributed by atoms with Crippen LogP contribution in [0.25, 0.3) is 0 Å². The zero-order valence-corrected chi connectivity index (χ0v) is 14.3. The third-order valence-electron chi connectivity index (χ3n) is 2.58. The van der Waals surface area contributed by atoms with Crippen molar-refractivity contribution in [2.24, 2.45) is 7.05 Å². The highest BCUT2D eigenvalue weighted by atomic mass is 79.9. The lowest BCUT2D eigenvalue weighted by Crippen LogP contribution is -2.23. The highest BCUT2D eigenvalue weighted by Gasteiger charge is 2.19. The first-order chi connectivity index (χ1) is 8.61. The van der Waals surface area contributed by atoms with Crippen LogP contribution in [-0.4, -0.2) is 16.3 Å². The summed E-state index contributed by atoms with van der Waals surface area (Å²) in [5.41, 5.74) is 1.06. The lowest BCUT2D eigenvalue weighted by Gasteiger charge is -2.14. The van der Waals surface area contributed by atoms with E-state index in [9.17, 15) is 0 Å². The number of nitrogens with zero attached hydrogens (tertiary/aromatic N) is 2. The average Bonchev–Trinajstić information content (AvgIpc) is 2.88. The monoisotopic (exact) mass is 391 g/mol. The van der Waals surface area contributed by atoms with Crippen LogP contribution in [0.2, 0.25) is 0 Å². The summed E-state index contributed by atoms with van der Waals surface area (Å²) in [6.07, 6.45) is 3.09. The van der Waals surface area contributed by atoms with Crippen molar-refractivity contribution in [3.63, 3.8) is 0 Å². The molecule has 2 aromatic heterocycles. The van der Waals surface area contributed by atoms with E-state index in [-0.39, 0.29) is 6.04 Å². The number of hydrogen-bond acceptors (Lipinski definition) is 3. The first-order valence-electron chi connectivity index (χ1n) is 5.79. The fourth-order valence-electron chi connectivity index (χ4n) is 1.73. The third-order valence-corrected chi connectivity index (χ3v) is 5.90. The molecule has 0 spiro atoms. The molecule has 0 radical (unpaired) electrons. The van der Waals surface area contributed by atoms with Crippen LogP contribution in [0.5, 0.6) is 0 Å². The van der Waals surface area contributed by atoms with Gasteiger partial charge in [0.1, 0.15) is 0 Å². The number of aryl methyl sites for hydroxylation is 1. The van der Waals surface area contributed by atoms with Crippen LogP contribution in [0, 0.1) is 0 Å². The first kappa shape index (κ1) is 14.2. The molecule has 98 valence electrons. The SMILES string of the molecule is CCCNC(c1ccn(C)n1)c1cc(Br)c(Br)s1. The van der Waals surface area contributed by atoms with Gasteiger partial charge in [-0.2, -0.15) is 5.10 Å². The van der Waals surface area contributed by atoms with Gasteiger partial charge in [0.05, 0.1) is 15.5 Å². The number of rotatable bonds is 5. The Morgan fingerprint density at radius 3 is 2.78 bits per heavy atom. The van der Waals surface area contributed by atoms with E-state index in [4.69, 9.17) is 0 Å². The van der Waals surface area contributed by atoms with Crippen LogP contribution in [-0.2, 0) is 7.05 Å². The van der Waals surface area contributed by atoms with Gasteiger partial charge in [0.15, 0.2) is 0 Å². The van der Waals surface area contributed by atoms with Gasteiger partial charge in [-0.05, 0) is 57.0 Å². The summed E-state index contributed by atoms with van der Waals surface area (Å²) in [6.45, 7) is 3.15. The van der Waals surface area contributed by atoms with Crippen LogP contribution in [0.4, 0.5) is 0 Å². The molecule has 0 bridgehead atoms. The molecule has 0 aliphatic rings. The molecule has 2 rings (SSSR count). The summed E-state index contributed by atoms with van der Waals surface area (Å²) >= 11 is 8.82. The fourth-order valence-corrected chi connectivity index (χ4v) is 3.91. The van der Waals surface area contributed by atoms with E-state index < -0.39 is 0 Å². The zero-order chi connectivity index (χ0) is 13.1. The normalized spacial score (nSPS) is 12.9. The van der Waals surface area contributed by atoms with Crippen molar-refractivity contribution in [3.05, 3.63) is 37.2 Å². The van der Waals surface area contributed by atoms with E-state index in [1.807, 2.05) is 17.9 Å². The molecule has 0 aliphatic carbocycles. The van der Waals surface area contributed by atoms with Gasteiger partial charge in [-0.3, -0.25) is 4.68 Å². The Balaban J connectivity index is 2.30. The third kappa shape index (κ3) is 3.23. The molecule has 1 unspecified atom stereocenters. The van der Waals surface area contributed by atoms with Crippen LogP contribution < -0.4 is 5.32 Å². The van der Waals surface area contributed by atoms with Gasteiger partial charge in [-0.1, -0.05) is 6.92 Å². The van der Waals surface area contributed by atoms with Crippen LogP contribution >= 0.6 is 43.2 Å². The first-order valence-corrected chi connectivity index (χ1v) is 8.19. The van der Waals surface area contributed by atoms with Crippen molar-refractivity contribution >= 4 is 43.2 Å². The van der Waals surface area contributed by atoms with Crippen molar-refractivity contribution in [3.8, 4) is 0 Å². The largest absolute Gasteiger partial charge is 0.304 e. The fraction of sp³-hybridized carbons (Fsp3) is 0.417. The van der Waals surface area contributed by atoms with Crippen molar-refractivity contribution < 1.29 is 0 Å². The molecule has 0 amide bonds. The van der Waals surface area contributed by atoms with Crippen molar-refractivity contribution in [1.82, 2.24) is 15.1 Å². The predicted molar refractivity (Wildman–Crippen MR) is 83.1 cm³/mol. The molecule has 2 heterocycles. The highest BCUT2D eigenvalue weighted by Crippen LogP contribution is 2.37. The van der Waals surface area contributed by atoms with Gasteiger partial charge in [0.2, 0.25) is 0 Å². The zero-order valence-electron chi connectivity index (χ0n) is 10.3. The average molecular weight is 393 g/mol. The summed E-state index contributed by atoms with van der Waals surface area (Å²) in [5.74, 6) is 0. The van der Waals surface area contributed by atoms with Gasteiger partial charge < -0.3 is 5.32 Å². The summed E-state index contributed by atoms with van der Waals surface area (Å²) < 4.78 is 4.06. The Kier molecular flexibility index (Phi) is 5.00. The van der Waals surface area contributed by atoms with Crippen molar-refractivity contribution in [2.45, 2.75) is 19.4 Å². The molecule has 0 saturated heterocycles. The maximum atomic E-state index is 4.51. The summed E-state index contributed by atoms with van der Waals surface area (Å²) in [4.78, 5) is 1.26. The second-order valence-corrected chi connectivity index (χ2v) is 7.33. The number of thiophene rings is 1. The van der Waals surface area contributed by atoms with Crippen molar-refractivity contribution in [1.29, 1.82) is 0 Å². The van der Waals surface area contributed by atoms with Gasteiger partial charge in [-0.25, -0.2) is 0 Å². The molecule has 18 heavy (non-hydrogen) atoms. The van der Waals surface area contributed by atoms with Gasteiger partial charge in [0, 0.05) is 22.6 Å². The second kappa shape index (κ2) is 6.32. The molecule has 1 atom stereocenters. The minimum Gasteiger partial charge on any atom is -0.304 e. The Morgan fingerprint density at radius 2 is 2.28 bits per heavy atom. The Morgan fingerprint density at radius 1 is 1.50 bits per heavy atom. The highest BCUT2D eigenvalue weighted by molar-refractivity contribution is 9.13. The van der Waals surface area contributed by atoms with E-state index in [2.05, 4.69) is 61.3 Å². The number of aromatic nitrogens is 2. The number of hydrogen-bond donors (Lipinski definition) is 1. The summed E-state index contributed by atoms with van der Waals surface area (Å²) in [7, 11) is 1.95. The number of halogens is 2. The minimum absolute atomic E-state index is 0.166. The quantitative estimate of drug-likeness (QED) is 0.830. The topological polar surface area (TPSA) is 29.9 Å². The summed E-state index contributed by atoms with van der Waals surface area (Å²) in [6, 6.07) is 4.38. The molecular formula is C12H15Br2N3S. The Hall–Kier alpha value is -0.170. The Labute approximate surface area is 128 Å². The molecule has 2 aromatic rings.